The average Bonchev–Trinajstić information content (AvgIpc) is 3.24. The highest BCUT2D eigenvalue weighted by Gasteiger charge is 2.30. The van der Waals surface area contributed by atoms with E-state index in [1.165, 1.54) is 28.4 Å². The number of nitrogens with zero attached hydrogens (tertiary/aromatic N) is 4. The first-order chi connectivity index (χ1) is 12.1. The van der Waals surface area contributed by atoms with Gasteiger partial charge >= 0.3 is 0 Å². The van der Waals surface area contributed by atoms with Gasteiger partial charge in [-0.05, 0) is 38.8 Å². The molecule has 6 nitrogen and oxygen atoms in total. The molecule has 0 aliphatic carbocycles. The summed E-state index contributed by atoms with van der Waals surface area (Å²) in [6.07, 6.45) is -0.676. The third-order valence-corrected chi connectivity index (χ3v) is 6.06. The smallest absolute Gasteiger partial charge is 0.293 e. The van der Waals surface area contributed by atoms with Crippen molar-refractivity contribution in [2.45, 2.75) is 32.2 Å². The fourth-order valence-corrected chi connectivity index (χ4v) is 4.55. The van der Waals surface area contributed by atoms with Crippen molar-refractivity contribution in [3.05, 3.63) is 21.9 Å². The van der Waals surface area contributed by atoms with Crippen LogP contribution in [0.4, 0.5) is 8.78 Å². The monoisotopic (exact) mass is 389 g/mol. The van der Waals surface area contributed by atoms with Crippen molar-refractivity contribution < 1.29 is 13.5 Å². The lowest BCUT2D eigenvalue weighted by atomic mass is 9.96. The van der Waals surface area contributed by atoms with E-state index >= 15 is 0 Å². The van der Waals surface area contributed by atoms with Crippen LogP contribution in [0.1, 0.15) is 41.7 Å². The van der Waals surface area contributed by atoms with E-state index in [-0.39, 0.29) is 11.7 Å². The van der Waals surface area contributed by atoms with E-state index in [2.05, 4.69) is 19.2 Å². The van der Waals surface area contributed by atoms with Crippen LogP contribution >= 0.6 is 22.9 Å². The van der Waals surface area contributed by atoms with E-state index in [0.29, 0.717) is 29.1 Å². The predicted octanol–water partition coefficient (Wildman–Crippen LogP) is 3.03. The molecular formula is C15H21F2N5OS2. The molecule has 0 saturated carbocycles. The number of thiazole rings is 1. The third kappa shape index (κ3) is 4.49. The topological polar surface area (TPSA) is 77.2 Å². The standard InChI is InChI=1S/C15H21F2N5OS2/c1-9-20-15(25-21-9)23-7-10-2-4-22(5-3-10)11(6-18)13-12(14(16)17)19-8-24-13/h8,10-11,14H,2-7,18H2,1H3. The molecule has 0 radical (unpaired) electrons. The number of aromatic nitrogens is 3. The molecule has 3 rings (SSSR count). The highest BCUT2D eigenvalue weighted by Crippen LogP contribution is 2.34. The lowest BCUT2D eigenvalue weighted by molar-refractivity contribution is 0.105. The van der Waals surface area contributed by atoms with Crippen molar-refractivity contribution in [2.24, 2.45) is 11.7 Å². The van der Waals surface area contributed by atoms with Crippen LogP contribution in [0.3, 0.4) is 0 Å². The Balaban J connectivity index is 1.54. The third-order valence-electron chi connectivity index (χ3n) is 4.40. The molecule has 1 atom stereocenters. The minimum absolute atomic E-state index is 0.127. The van der Waals surface area contributed by atoms with Crippen molar-refractivity contribution in [2.75, 3.05) is 26.2 Å². The molecule has 1 unspecified atom stereocenters. The molecule has 0 bridgehead atoms. The maximum absolute atomic E-state index is 13.1. The van der Waals surface area contributed by atoms with Crippen LogP contribution in [-0.2, 0) is 0 Å². The van der Waals surface area contributed by atoms with E-state index in [0.717, 1.165) is 31.8 Å². The first-order valence-electron chi connectivity index (χ1n) is 8.17. The highest BCUT2D eigenvalue weighted by atomic mass is 32.1. The van der Waals surface area contributed by atoms with Gasteiger partial charge in [-0.15, -0.1) is 11.3 Å². The first-order valence-corrected chi connectivity index (χ1v) is 9.82. The van der Waals surface area contributed by atoms with Crippen LogP contribution < -0.4 is 10.5 Å². The normalized spacial score (nSPS) is 18.0. The molecule has 3 heterocycles. The number of likely N-dealkylation sites (tertiary alicyclic amines) is 1. The van der Waals surface area contributed by atoms with Gasteiger partial charge < -0.3 is 10.5 Å². The highest BCUT2D eigenvalue weighted by molar-refractivity contribution is 7.09. The van der Waals surface area contributed by atoms with Gasteiger partial charge in [0.2, 0.25) is 0 Å². The Morgan fingerprint density at radius 3 is 2.76 bits per heavy atom. The quantitative estimate of drug-likeness (QED) is 0.784. The number of alkyl halides is 2. The van der Waals surface area contributed by atoms with Crippen LogP contribution in [0, 0.1) is 12.8 Å². The van der Waals surface area contributed by atoms with E-state index in [1.807, 2.05) is 6.92 Å². The van der Waals surface area contributed by atoms with Gasteiger partial charge in [0.15, 0.2) is 0 Å². The van der Waals surface area contributed by atoms with Gasteiger partial charge in [-0.3, -0.25) is 4.90 Å². The van der Waals surface area contributed by atoms with Crippen molar-refractivity contribution in [1.29, 1.82) is 0 Å². The maximum atomic E-state index is 13.1. The van der Waals surface area contributed by atoms with E-state index < -0.39 is 6.43 Å². The van der Waals surface area contributed by atoms with E-state index in [9.17, 15) is 8.78 Å². The summed E-state index contributed by atoms with van der Waals surface area (Å²) in [5, 5.41) is 0.603. The summed E-state index contributed by atoms with van der Waals surface area (Å²) < 4.78 is 36.0. The fraction of sp³-hybridized carbons (Fsp3) is 0.667. The van der Waals surface area contributed by atoms with Crippen LogP contribution in [0.2, 0.25) is 0 Å². The molecule has 0 spiro atoms. The number of nitrogens with two attached hydrogens (primary N) is 1. The Bertz CT molecular complexity index is 672. The van der Waals surface area contributed by atoms with Gasteiger partial charge in [0.05, 0.1) is 23.0 Å². The summed E-state index contributed by atoms with van der Waals surface area (Å²) in [6, 6.07) is -0.191. The zero-order valence-electron chi connectivity index (χ0n) is 13.9. The van der Waals surface area contributed by atoms with Crippen molar-refractivity contribution >= 4 is 22.9 Å². The fourth-order valence-electron chi connectivity index (χ4n) is 3.06. The second-order valence-corrected chi connectivity index (χ2v) is 7.65. The molecule has 10 heteroatoms. The summed E-state index contributed by atoms with van der Waals surface area (Å²) in [6.45, 7) is 4.38. The molecular weight excluding hydrogens is 368 g/mol. The Labute approximate surface area is 153 Å². The SMILES string of the molecule is Cc1nsc(OCC2CCN(C(CN)c3scnc3C(F)F)CC2)n1. The molecule has 25 heavy (non-hydrogen) atoms. The Morgan fingerprint density at radius 2 is 2.16 bits per heavy atom. The molecule has 1 aliphatic rings. The molecule has 0 amide bonds. The zero-order valence-corrected chi connectivity index (χ0v) is 15.5. The molecule has 138 valence electrons. The summed E-state index contributed by atoms with van der Waals surface area (Å²) >= 11 is 2.53. The number of rotatable bonds is 7. The number of piperidine rings is 1. The minimum atomic E-state index is -2.56. The summed E-state index contributed by atoms with van der Waals surface area (Å²) in [7, 11) is 0. The summed E-state index contributed by atoms with van der Waals surface area (Å²) in [5.74, 6) is 1.15. The largest absolute Gasteiger partial charge is 0.469 e. The van der Waals surface area contributed by atoms with Crippen molar-refractivity contribution in [1.82, 2.24) is 19.2 Å². The molecule has 2 N–H and O–H groups in total. The van der Waals surface area contributed by atoms with Gasteiger partial charge in [-0.1, -0.05) is 0 Å². The second kappa shape index (κ2) is 8.43. The van der Waals surface area contributed by atoms with Crippen LogP contribution in [0.5, 0.6) is 5.19 Å². The van der Waals surface area contributed by atoms with E-state index in [1.54, 1.807) is 0 Å². The number of hydrogen-bond donors (Lipinski definition) is 1. The van der Waals surface area contributed by atoms with Crippen molar-refractivity contribution in [3.63, 3.8) is 0 Å². The van der Waals surface area contributed by atoms with Gasteiger partial charge in [-0.25, -0.2) is 13.8 Å². The lowest BCUT2D eigenvalue weighted by Gasteiger charge is -2.36. The van der Waals surface area contributed by atoms with Gasteiger partial charge in [0.25, 0.3) is 11.6 Å². The van der Waals surface area contributed by atoms with Gasteiger partial charge in [0, 0.05) is 18.1 Å². The lowest BCUT2D eigenvalue weighted by Crippen LogP contribution is -2.40. The van der Waals surface area contributed by atoms with Crippen LogP contribution in [-0.4, -0.2) is 45.5 Å². The summed E-state index contributed by atoms with van der Waals surface area (Å²) in [5.41, 5.74) is 7.24. The van der Waals surface area contributed by atoms with Crippen molar-refractivity contribution in [3.8, 4) is 5.19 Å². The number of halogens is 2. The van der Waals surface area contributed by atoms with Crippen LogP contribution in [0.25, 0.3) is 0 Å². The number of aryl methyl sites for hydroxylation is 1. The minimum Gasteiger partial charge on any atom is -0.469 e. The molecule has 1 aliphatic heterocycles. The van der Waals surface area contributed by atoms with E-state index in [4.69, 9.17) is 10.5 Å². The molecule has 1 fully saturated rings. The predicted molar refractivity (Wildman–Crippen MR) is 93.3 cm³/mol. The Hall–Kier alpha value is -1.23. The summed E-state index contributed by atoms with van der Waals surface area (Å²) in [4.78, 5) is 10.8. The Kier molecular flexibility index (Phi) is 6.26. The van der Waals surface area contributed by atoms with Gasteiger partial charge in [0.1, 0.15) is 11.5 Å². The second-order valence-electron chi connectivity index (χ2n) is 6.05. The maximum Gasteiger partial charge on any atom is 0.293 e. The average molecular weight is 389 g/mol. The molecule has 2 aromatic rings. The number of ether oxygens (including phenoxy) is 1. The number of hydrogen-bond acceptors (Lipinski definition) is 8. The molecule has 2 aromatic heterocycles. The molecule has 1 saturated heterocycles. The van der Waals surface area contributed by atoms with Crippen LogP contribution in [0.15, 0.2) is 5.51 Å². The zero-order chi connectivity index (χ0) is 17.8. The van der Waals surface area contributed by atoms with Gasteiger partial charge in [-0.2, -0.15) is 9.36 Å². The molecule has 0 aromatic carbocycles. The Morgan fingerprint density at radius 1 is 1.40 bits per heavy atom. The first kappa shape index (κ1) is 18.6.